The van der Waals surface area contributed by atoms with Crippen molar-refractivity contribution >= 4 is 52.2 Å². The third-order valence-electron chi connectivity index (χ3n) is 2.29. The van der Waals surface area contributed by atoms with E-state index in [0.29, 0.717) is 14.9 Å². The zero-order chi connectivity index (χ0) is 13.8. The summed E-state index contributed by atoms with van der Waals surface area (Å²) in [5.41, 5.74) is 2.11. The normalized spacial score (nSPS) is 10.5. The Hall–Kier alpha value is -0.720. The summed E-state index contributed by atoms with van der Waals surface area (Å²) in [6.07, 6.45) is 0. The molecule has 0 fully saturated rings. The number of thiophene rings is 1. The maximum absolute atomic E-state index is 11.3. The van der Waals surface area contributed by atoms with Crippen LogP contribution in [0.5, 0.6) is 0 Å². The number of rotatable bonds is 4. The van der Waals surface area contributed by atoms with Crippen molar-refractivity contribution < 1.29 is 4.79 Å². The van der Waals surface area contributed by atoms with E-state index >= 15 is 0 Å². The Morgan fingerprint density at radius 1 is 1.26 bits per heavy atom. The lowest BCUT2D eigenvalue weighted by molar-refractivity contribution is 0.0957. The van der Waals surface area contributed by atoms with Crippen molar-refractivity contribution in [2.24, 2.45) is 5.84 Å². The van der Waals surface area contributed by atoms with Gasteiger partial charge in [0.2, 0.25) is 0 Å². The van der Waals surface area contributed by atoms with Crippen LogP contribution in [0.3, 0.4) is 0 Å². The lowest BCUT2D eigenvalue weighted by Gasteiger charge is -2.01. The van der Waals surface area contributed by atoms with Gasteiger partial charge in [0, 0.05) is 15.5 Å². The largest absolute Gasteiger partial charge is 0.289 e. The highest BCUT2D eigenvalue weighted by Crippen LogP contribution is 2.31. The molecule has 0 aliphatic carbocycles. The summed E-state index contributed by atoms with van der Waals surface area (Å²) in [6, 6.07) is 9.20. The van der Waals surface area contributed by atoms with E-state index in [-0.39, 0.29) is 5.91 Å². The van der Waals surface area contributed by atoms with Gasteiger partial charge in [0.15, 0.2) is 0 Å². The van der Waals surface area contributed by atoms with Crippen LogP contribution in [0.2, 0.25) is 10.0 Å². The predicted octanol–water partition coefficient (Wildman–Crippen LogP) is 3.95. The molecule has 1 aromatic heterocycles. The summed E-state index contributed by atoms with van der Waals surface area (Å²) in [6.45, 7) is 0. The Kier molecular flexibility index (Phi) is 5.13. The van der Waals surface area contributed by atoms with Gasteiger partial charge in [-0.1, -0.05) is 23.2 Å². The van der Waals surface area contributed by atoms with Crippen LogP contribution < -0.4 is 11.3 Å². The second kappa shape index (κ2) is 6.63. The molecule has 100 valence electrons. The Bertz CT molecular complexity index is 601. The molecule has 0 aliphatic heterocycles. The van der Waals surface area contributed by atoms with Crippen LogP contribution in [-0.2, 0) is 5.75 Å². The number of hydrogen-bond donors (Lipinski definition) is 2. The van der Waals surface area contributed by atoms with Crippen LogP contribution in [0.4, 0.5) is 0 Å². The summed E-state index contributed by atoms with van der Waals surface area (Å²) >= 11 is 14.9. The lowest BCUT2D eigenvalue weighted by atomic mass is 10.4. The van der Waals surface area contributed by atoms with E-state index in [1.54, 1.807) is 23.9 Å². The molecule has 1 amide bonds. The van der Waals surface area contributed by atoms with Crippen molar-refractivity contribution in [1.29, 1.82) is 0 Å². The summed E-state index contributed by atoms with van der Waals surface area (Å²) in [7, 11) is 0. The first kappa shape index (κ1) is 14.7. The molecule has 1 heterocycles. The molecule has 2 aromatic rings. The lowest BCUT2D eigenvalue weighted by Crippen LogP contribution is -2.29. The molecule has 0 aliphatic rings. The smallest absolute Gasteiger partial charge is 0.275 e. The van der Waals surface area contributed by atoms with Gasteiger partial charge in [-0.05, 0) is 30.3 Å². The van der Waals surface area contributed by atoms with Crippen LogP contribution in [0.25, 0.3) is 0 Å². The second-order valence-corrected chi connectivity index (χ2v) is 6.64. The van der Waals surface area contributed by atoms with Gasteiger partial charge in [0.25, 0.3) is 5.91 Å². The highest BCUT2D eigenvalue weighted by atomic mass is 35.5. The van der Waals surface area contributed by atoms with Crippen LogP contribution in [-0.4, -0.2) is 5.91 Å². The van der Waals surface area contributed by atoms with Crippen molar-refractivity contribution in [3.8, 4) is 0 Å². The Balaban J connectivity index is 2.00. The number of halogens is 2. The molecule has 0 bridgehead atoms. The minimum absolute atomic E-state index is 0.268. The van der Waals surface area contributed by atoms with Gasteiger partial charge in [0.05, 0.1) is 14.9 Å². The van der Waals surface area contributed by atoms with Crippen molar-refractivity contribution in [3.63, 3.8) is 0 Å². The number of carbonyl (C=O) groups is 1. The Morgan fingerprint density at radius 2 is 2.05 bits per heavy atom. The van der Waals surface area contributed by atoms with Gasteiger partial charge >= 0.3 is 0 Å². The summed E-state index contributed by atoms with van der Waals surface area (Å²) < 4.78 is 0. The van der Waals surface area contributed by atoms with E-state index in [1.807, 2.05) is 18.2 Å². The number of nitrogens with two attached hydrogens (primary N) is 1. The standard InChI is InChI=1S/C12H10Cl2N2OS2/c13-9-3-1-7(5-10(9)14)18-6-8-2-4-11(19-8)12(17)16-15/h1-5H,6,15H2,(H,16,17). The predicted molar refractivity (Wildman–Crippen MR) is 82.0 cm³/mol. The van der Waals surface area contributed by atoms with E-state index in [4.69, 9.17) is 29.0 Å². The third kappa shape index (κ3) is 3.87. The molecular formula is C12H10Cl2N2OS2. The molecule has 19 heavy (non-hydrogen) atoms. The average Bonchev–Trinajstić information content (AvgIpc) is 2.88. The summed E-state index contributed by atoms with van der Waals surface area (Å²) in [4.78, 5) is 14.0. The molecule has 7 heteroatoms. The molecule has 0 unspecified atom stereocenters. The number of carbonyl (C=O) groups excluding carboxylic acids is 1. The Labute approximate surface area is 129 Å². The van der Waals surface area contributed by atoms with Crippen LogP contribution in [0.15, 0.2) is 35.2 Å². The first-order chi connectivity index (χ1) is 9.10. The minimum atomic E-state index is -0.268. The third-order valence-corrected chi connectivity index (χ3v) is 5.34. The monoisotopic (exact) mass is 332 g/mol. The first-order valence-corrected chi connectivity index (χ1v) is 7.83. The van der Waals surface area contributed by atoms with Crippen LogP contribution in [0, 0.1) is 0 Å². The SMILES string of the molecule is NNC(=O)c1ccc(CSc2ccc(Cl)c(Cl)c2)s1. The fraction of sp³-hybridized carbons (Fsp3) is 0.0833. The maximum Gasteiger partial charge on any atom is 0.275 e. The molecular weight excluding hydrogens is 323 g/mol. The van der Waals surface area contributed by atoms with Crippen LogP contribution >= 0.6 is 46.3 Å². The molecule has 0 spiro atoms. The van der Waals surface area contributed by atoms with Gasteiger partial charge < -0.3 is 0 Å². The number of nitrogens with one attached hydrogen (secondary N) is 1. The summed E-state index contributed by atoms with van der Waals surface area (Å²) in [5.74, 6) is 5.58. The van der Waals surface area contributed by atoms with Gasteiger partial charge in [-0.15, -0.1) is 23.1 Å². The van der Waals surface area contributed by atoms with Crippen molar-refractivity contribution in [2.45, 2.75) is 10.6 Å². The highest BCUT2D eigenvalue weighted by Gasteiger charge is 2.08. The maximum atomic E-state index is 11.3. The van der Waals surface area contributed by atoms with E-state index in [9.17, 15) is 4.79 Å². The Morgan fingerprint density at radius 3 is 2.74 bits per heavy atom. The van der Waals surface area contributed by atoms with E-state index in [2.05, 4.69) is 5.43 Å². The number of hydrogen-bond acceptors (Lipinski definition) is 4. The van der Waals surface area contributed by atoms with Crippen molar-refractivity contribution in [2.75, 3.05) is 0 Å². The minimum Gasteiger partial charge on any atom is -0.289 e. The molecule has 2 rings (SSSR count). The van der Waals surface area contributed by atoms with E-state index in [1.165, 1.54) is 11.3 Å². The molecule has 0 atom stereocenters. The quantitative estimate of drug-likeness (QED) is 0.385. The molecule has 3 nitrogen and oxygen atoms in total. The topological polar surface area (TPSA) is 55.1 Å². The number of amides is 1. The van der Waals surface area contributed by atoms with Gasteiger partial charge in [0.1, 0.15) is 0 Å². The average molecular weight is 333 g/mol. The number of nitrogen functional groups attached to an aromatic ring is 1. The zero-order valence-corrected chi connectivity index (χ0v) is 12.8. The summed E-state index contributed by atoms with van der Waals surface area (Å²) in [5, 5.41) is 1.09. The van der Waals surface area contributed by atoms with Gasteiger partial charge in [-0.2, -0.15) is 0 Å². The highest BCUT2D eigenvalue weighted by molar-refractivity contribution is 7.98. The van der Waals surface area contributed by atoms with Gasteiger partial charge in [-0.25, -0.2) is 5.84 Å². The first-order valence-electron chi connectivity index (χ1n) is 5.27. The number of benzene rings is 1. The second-order valence-electron chi connectivity index (χ2n) is 3.60. The zero-order valence-electron chi connectivity index (χ0n) is 9.65. The molecule has 0 saturated carbocycles. The molecule has 3 N–H and O–H groups in total. The van der Waals surface area contributed by atoms with E-state index < -0.39 is 0 Å². The van der Waals surface area contributed by atoms with Gasteiger partial charge in [-0.3, -0.25) is 10.2 Å². The fourth-order valence-corrected chi connectivity index (χ4v) is 3.62. The van der Waals surface area contributed by atoms with Crippen LogP contribution in [0.1, 0.15) is 14.5 Å². The number of thioether (sulfide) groups is 1. The molecule has 0 saturated heterocycles. The van der Waals surface area contributed by atoms with Crippen molar-refractivity contribution in [1.82, 2.24) is 5.43 Å². The molecule has 1 aromatic carbocycles. The van der Waals surface area contributed by atoms with Crippen molar-refractivity contribution in [3.05, 3.63) is 50.1 Å². The molecule has 0 radical (unpaired) electrons. The number of hydrazine groups is 1. The fourth-order valence-electron chi connectivity index (χ4n) is 1.37. The van der Waals surface area contributed by atoms with E-state index in [0.717, 1.165) is 15.5 Å².